The van der Waals surface area contributed by atoms with E-state index in [2.05, 4.69) is 33.0 Å². The van der Waals surface area contributed by atoms with Crippen molar-refractivity contribution in [2.75, 3.05) is 33.2 Å². The van der Waals surface area contributed by atoms with Gasteiger partial charge in [0.2, 0.25) is 5.91 Å². The first-order valence-corrected chi connectivity index (χ1v) is 8.74. The minimum atomic E-state index is 0.0499. The highest BCUT2D eigenvalue weighted by Crippen LogP contribution is 2.20. The molecule has 0 aromatic carbocycles. The normalized spacial score (nSPS) is 18.6. The zero-order valence-electron chi connectivity index (χ0n) is 13.1. The van der Waals surface area contributed by atoms with Crippen LogP contribution in [-0.4, -0.2) is 44.0 Å². The third kappa shape index (κ3) is 5.41. The lowest BCUT2D eigenvalue weighted by atomic mass is 9.96. The molecular weight excluding hydrogens is 282 g/mol. The van der Waals surface area contributed by atoms with E-state index in [9.17, 15) is 4.79 Å². The molecule has 1 amide bonds. The second kappa shape index (κ2) is 8.51. The van der Waals surface area contributed by atoms with Gasteiger partial charge in [0, 0.05) is 30.4 Å². The molecule has 118 valence electrons. The van der Waals surface area contributed by atoms with Crippen LogP contribution in [0.15, 0.2) is 17.5 Å². The summed E-state index contributed by atoms with van der Waals surface area (Å²) in [6.45, 7) is 6.91. The SMILES string of the molecule is CNCC(C)C(=O)NCC1CCN(Cc2cccs2)CC1. The van der Waals surface area contributed by atoms with E-state index in [4.69, 9.17) is 0 Å². The van der Waals surface area contributed by atoms with Crippen molar-refractivity contribution in [2.45, 2.75) is 26.3 Å². The first kappa shape index (κ1) is 16.5. The largest absolute Gasteiger partial charge is 0.356 e. The van der Waals surface area contributed by atoms with Crippen LogP contribution in [0.1, 0.15) is 24.6 Å². The van der Waals surface area contributed by atoms with E-state index in [0.717, 1.165) is 32.7 Å². The Kier molecular flexibility index (Phi) is 6.67. The molecular formula is C16H27N3OS. The minimum absolute atomic E-state index is 0.0499. The highest BCUT2D eigenvalue weighted by atomic mass is 32.1. The van der Waals surface area contributed by atoms with Crippen LogP contribution in [0.4, 0.5) is 0 Å². The van der Waals surface area contributed by atoms with E-state index < -0.39 is 0 Å². The molecule has 1 aliphatic heterocycles. The van der Waals surface area contributed by atoms with Crippen molar-refractivity contribution < 1.29 is 4.79 Å². The molecule has 0 spiro atoms. The predicted octanol–water partition coefficient (Wildman–Crippen LogP) is 1.93. The summed E-state index contributed by atoms with van der Waals surface area (Å²) in [5.41, 5.74) is 0. The maximum atomic E-state index is 11.9. The molecule has 1 aromatic rings. The summed E-state index contributed by atoms with van der Waals surface area (Å²) in [6, 6.07) is 4.33. The van der Waals surface area contributed by atoms with Gasteiger partial charge in [0.05, 0.1) is 0 Å². The summed E-state index contributed by atoms with van der Waals surface area (Å²) in [4.78, 5) is 15.9. The van der Waals surface area contributed by atoms with Gasteiger partial charge in [0.25, 0.3) is 0 Å². The maximum absolute atomic E-state index is 11.9. The van der Waals surface area contributed by atoms with Gasteiger partial charge in [-0.1, -0.05) is 13.0 Å². The van der Waals surface area contributed by atoms with E-state index in [1.165, 1.54) is 17.7 Å². The smallest absolute Gasteiger partial charge is 0.224 e. The quantitative estimate of drug-likeness (QED) is 0.809. The molecule has 2 rings (SSSR count). The van der Waals surface area contributed by atoms with E-state index in [-0.39, 0.29) is 11.8 Å². The van der Waals surface area contributed by atoms with Crippen LogP contribution in [0.3, 0.4) is 0 Å². The van der Waals surface area contributed by atoms with Crippen LogP contribution in [0.5, 0.6) is 0 Å². The number of nitrogens with zero attached hydrogens (tertiary/aromatic N) is 1. The topological polar surface area (TPSA) is 44.4 Å². The van der Waals surface area contributed by atoms with Crippen LogP contribution in [0.25, 0.3) is 0 Å². The first-order chi connectivity index (χ1) is 10.2. The molecule has 0 radical (unpaired) electrons. The van der Waals surface area contributed by atoms with E-state index in [1.807, 2.05) is 25.3 Å². The van der Waals surface area contributed by atoms with Gasteiger partial charge >= 0.3 is 0 Å². The van der Waals surface area contributed by atoms with Gasteiger partial charge in [-0.3, -0.25) is 9.69 Å². The van der Waals surface area contributed by atoms with Crippen LogP contribution >= 0.6 is 11.3 Å². The molecule has 1 fully saturated rings. The van der Waals surface area contributed by atoms with Gasteiger partial charge in [-0.15, -0.1) is 11.3 Å². The van der Waals surface area contributed by atoms with Crippen molar-refractivity contribution in [3.8, 4) is 0 Å². The van der Waals surface area contributed by atoms with Crippen molar-refractivity contribution in [1.82, 2.24) is 15.5 Å². The molecule has 1 atom stereocenters. The third-order valence-electron chi connectivity index (χ3n) is 4.19. The Balaban J connectivity index is 1.64. The molecule has 0 aliphatic carbocycles. The van der Waals surface area contributed by atoms with Crippen molar-refractivity contribution >= 4 is 17.2 Å². The molecule has 1 aromatic heterocycles. The molecule has 4 nitrogen and oxygen atoms in total. The van der Waals surface area contributed by atoms with E-state index in [1.54, 1.807) is 0 Å². The maximum Gasteiger partial charge on any atom is 0.224 e. The van der Waals surface area contributed by atoms with Gasteiger partial charge in [-0.2, -0.15) is 0 Å². The molecule has 1 unspecified atom stereocenters. The number of carbonyl (C=O) groups is 1. The van der Waals surface area contributed by atoms with E-state index >= 15 is 0 Å². The molecule has 2 heterocycles. The summed E-state index contributed by atoms with van der Waals surface area (Å²) < 4.78 is 0. The number of amides is 1. The fourth-order valence-corrected chi connectivity index (χ4v) is 3.54. The summed E-state index contributed by atoms with van der Waals surface area (Å²) in [5.74, 6) is 0.856. The molecule has 5 heteroatoms. The number of hydrogen-bond donors (Lipinski definition) is 2. The minimum Gasteiger partial charge on any atom is -0.356 e. The van der Waals surface area contributed by atoms with Crippen molar-refractivity contribution in [3.63, 3.8) is 0 Å². The molecule has 1 saturated heterocycles. The average molecular weight is 309 g/mol. The van der Waals surface area contributed by atoms with Gasteiger partial charge < -0.3 is 10.6 Å². The molecule has 0 saturated carbocycles. The number of likely N-dealkylation sites (tertiary alicyclic amines) is 1. The zero-order valence-corrected chi connectivity index (χ0v) is 13.9. The Bertz CT molecular complexity index is 413. The Morgan fingerprint density at radius 3 is 2.86 bits per heavy atom. The Hall–Kier alpha value is -0.910. The van der Waals surface area contributed by atoms with Crippen molar-refractivity contribution in [2.24, 2.45) is 11.8 Å². The number of carbonyl (C=O) groups excluding carboxylic acids is 1. The summed E-state index contributed by atoms with van der Waals surface area (Å²) in [5, 5.41) is 8.29. The predicted molar refractivity (Wildman–Crippen MR) is 88.4 cm³/mol. The molecule has 21 heavy (non-hydrogen) atoms. The lowest BCUT2D eigenvalue weighted by molar-refractivity contribution is -0.124. The van der Waals surface area contributed by atoms with Gasteiger partial charge in [-0.05, 0) is 50.3 Å². The number of rotatable bonds is 7. The second-order valence-corrected chi connectivity index (χ2v) is 7.04. The highest BCUT2D eigenvalue weighted by Gasteiger charge is 2.20. The first-order valence-electron chi connectivity index (χ1n) is 7.86. The molecule has 2 N–H and O–H groups in total. The summed E-state index contributed by atoms with van der Waals surface area (Å²) in [6.07, 6.45) is 2.37. The lowest BCUT2D eigenvalue weighted by Gasteiger charge is -2.31. The van der Waals surface area contributed by atoms with Crippen molar-refractivity contribution in [3.05, 3.63) is 22.4 Å². The van der Waals surface area contributed by atoms with E-state index in [0.29, 0.717) is 5.92 Å². The highest BCUT2D eigenvalue weighted by molar-refractivity contribution is 7.09. The van der Waals surface area contributed by atoms with Crippen LogP contribution in [0.2, 0.25) is 0 Å². The monoisotopic (exact) mass is 309 g/mol. The van der Waals surface area contributed by atoms with Crippen LogP contribution in [0, 0.1) is 11.8 Å². The fraction of sp³-hybridized carbons (Fsp3) is 0.688. The number of nitrogens with one attached hydrogen (secondary N) is 2. The second-order valence-electron chi connectivity index (χ2n) is 6.00. The summed E-state index contributed by atoms with van der Waals surface area (Å²) >= 11 is 1.83. The Labute approximate surface area is 131 Å². The zero-order chi connectivity index (χ0) is 15.1. The fourth-order valence-electron chi connectivity index (χ4n) is 2.79. The standard InChI is InChI=1S/C16H27N3OS/c1-13(10-17-2)16(20)18-11-14-5-7-19(8-6-14)12-15-4-3-9-21-15/h3-4,9,13-14,17H,5-8,10-12H2,1-2H3,(H,18,20). The van der Waals surface area contributed by atoms with Gasteiger partial charge in [0.15, 0.2) is 0 Å². The molecule has 1 aliphatic rings. The number of hydrogen-bond acceptors (Lipinski definition) is 4. The van der Waals surface area contributed by atoms with Crippen LogP contribution < -0.4 is 10.6 Å². The van der Waals surface area contributed by atoms with Crippen LogP contribution in [-0.2, 0) is 11.3 Å². The summed E-state index contributed by atoms with van der Waals surface area (Å²) in [7, 11) is 1.88. The number of thiophene rings is 1. The number of piperidine rings is 1. The Morgan fingerprint density at radius 1 is 1.48 bits per heavy atom. The van der Waals surface area contributed by atoms with Gasteiger partial charge in [0.1, 0.15) is 0 Å². The average Bonchev–Trinajstić information content (AvgIpc) is 2.99. The Morgan fingerprint density at radius 2 is 2.24 bits per heavy atom. The third-order valence-corrected chi connectivity index (χ3v) is 5.05. The molecule has 0 bridgehead atoms. The lowest BCUT2D eigenvalue weighted by Crippen LogP contribution is -2.40. The van der Waals surface area contributed by atoms with Gasteiger partial charge in [-0.25, -0.2) is 0 Å². The van der Waals surface area contributed by atoms with Crippen molar-refractivity contribution in [1.29, 1.82) is 0 Å².